The number of nitrogens with one attached hydrogen (secondary N) is 1. The molecule has 1 N–H and O–H groups in total. The Hall–Kier alpha value is -3.68. The van der Waals surface area contributed by atoms with Gasteiger partial charge >= 0.3 is 0 Å². The number of amides is 2. The number of carbonyl (C=O) groups is 2. The van der Waals surface area contributed by atoms with Crippen molar-refractivity contribution in [2.75, 3.05) is 12.1 Å². The minimum atomic E-state index is -0.593. The number of ether oxygens (including phenoxy) is 1. The van der Waals surface area contributed by atoms with E-state index in [-0.39, 0.29) is 16.8 Å². The number of rotatable bonds is 4. The minimum Gasteiger partial charge on any atom is -0.496 e. The molecule has 2 amide bonds. The van der Waals surface area contributed by atoms with Crippen molar-refractivity contribution in [3.8, 4) is 5.75 Å². The fraction of sp³-hybridized carbons (Fsp3) is 0.111. The van der Waals surface area contributed by atoms with Gasteiger partial charge in [0, 0.05) is 17.7 Å². The summed E-state index contributed by atoms with van der Waals surface area (Å²) in [4.78, 5) is 35.3. The summed E-state index contributed by atoms with van der Waals surface area (Å²) in [5, 5.41) is 12.1. The normalized spacial score (nSPS) is 15.3. The molecule has 132 valence electrons. The van der Waals surface area contributed by atoms with Crippen LogP contribution in [0.15, 0.2) is 48.0 Å². The van der Waals surface area contributed by atoms with Gasteiger partial charge in [-0.25, -0.2) is 5.01 Å². The number of nitro groups is 1. The van der Waals surface area contributed by atoms with Gasteiger partial charge in [-0.15, -0.1) is 0 Å². The number of hydrogen-bond donors (Lipinski definition) is 1. The molecule has 0 aliphatic carbocycles. The Morgan fingerprint density at radius 1 is 1.15 bits per heavy atom. The molecule has 0 aromatic heterocycles. The zero-order valence-electron chi connectivity index (χ0n) is 14.1. The first-order chi connectivity index (χ1) is 12.4. The van der Waals surface area contributed by atoms with Gasteiger partial charge in [0.25, 0.3) is 17.5 Å². The van der Waals surface area contributed by atoms with E-state index in [4.69, 9.17) is 4.74 Å². The fourth-order valence-corrected chi connectivity index (χ4v) is 2.54. The van der Waals surface area contributed by atoms with Crippen LogP contribution in [0.3, 0.4) is 0 Å². The van der Waals surface area contributed by atoms with Crippen molar-refractivity contribution in [2.24, 2.45) is 0 Å². The van der Waals surface area contributed by atoms with Crippen molar-refractivity contribution >= 4 is 29.3 Å². The average molecular weight is 353 g/mol. The van der Waals surface area contributed by atoms with Gasteiger partial charge in [-0.1, -0.05) is 17.7 Å². The number of methoxy groups -OCH3 is 1. The van der Waals surface area contributed by atoms with Gasteiger partial charge in [-0.3, -0.25) is 25.1 Å². The highest BCUT2D eigenvalue weighted by Crippen LogP contribution is 2.28. The number of hydrogen-bond acceptors (Lipinski definition) is 5. The van der Waals surface area contributed by atoms with E-state index in [0.29, 0.717) is 11.4 Å². The van der Waals surface area contributed by atoms with E-state index < -0.39 is 16.7 Å². The van der Waals surface area contributed by atoms with E-state index in [9.17, 15) is 19.7 Å². The van der Waals surface area contributed by atoms with Crippen LogP contribution < -0.4 is 15.2 Å². The lowest BCUT2D eigenvalue weighted by Crippen LogP contribution is -2.35. The van der Waals surface area contributed by atoms with Crippen LogP contribution >= 0.6 is 0 Å². The first-order valence-electron chi connectivity index (χ1n) is 7.67. The molecule has 26 heavy (non-hydrogen) atoms. The van der Waals surface area contributed by atoms with E-state index in [2.05, 4.69) is 5.43 Å². The van der Waals surface area contributed by atoms with Crippen LogP contribution in [0.5, 0.6) is 5.75 Å². The van der Waals surface area contributed by atoms with Crippen LogP contribution in [0, 0.1) is 17.0 Å². The Morgan fingerprint density at radius 2 is 1.85 bits per heavy atom. The first-order valence-corrected chi connectivity index (χ1v) is 7.67. The molecule has 1 aliphatic rings. The minimum absolute atomic E-state index is 0.135. The van der Waals surface area contributed by atoms with Crippen molar-refractivity contribution in [2.45, 2.75) is 6.92 Å². The molecule has 2 aromatic rings. The van der Waals surface area contributed by atoms with E-state index in [1.807, 2.05) is 19.1 Å². The van der Waals surface area contributed by atoms with Gasteiger partial charge < -0.3 is 4.74 Å². The molecule has 0 radical (unpaired) electrons. The third kappa shape index (κ3) is 3.12. The number of non-ortho nitro benzene ring substituents is 1. The second-order valence-electron chi connectivity index (χ2n) is 5.66. The summed E-state index contributed by atoms with van der Waals surface area (Å²) in [6.45, 7) is 1.91. The van der Waals surface area contributed by atoms with E-state index in [0.717, 1.165) is 10.6 Å². The maximum Gasteiger partial charge on any atom is 0.282 e. The Morgan fingerprint density at radius 3 is 2.46 bits per heavy atom. The zero-order chi connectivity index (χ0) is 18.8. The van der Waals surface area contributed by atoms with E-state index in [1.165, 1.54) is 31.4 Å². The molecule has 1 heterocycles. The smallest absolute Gasteiger partial charge is 0.282 e. The van der Waals surface area contributed by atoms with Crippen molar-refractivity contribution in [3.63, 3.8) is 0 Å². The van der Waals surface area contributed by atoms with Crippen molar-refractivity contribution in [1.82, 2.24) is 5.43 Å². The molecule has 0 bridgehead atoms. The SMILES string of the molecule is COc1ccc([N+](=O)[O-])cc1C=C1C(=O)NN(c2ccc(C)cc2)C1=O. The van der Waals surface area contributed by atoms with Gasteiger partial charge in [0.1, 0.15) is 11.3 Å². The Bertz CT molecular complexity index is 934. The van der Waals surface area contributed by atoms with Crippen molar-refractivity contribution < 1.29 is 19.2 Å². The second kappa shape index (κ2) is 6.67. The molecule has 1 saturated heterocycles. The molecule has 3 rings (SSSR count). The maximum absolute atomic E-state index is 12.6. The molecule has 8 nitrogen and oxygen atoms in total. The van der Waals surface area contributed by atoms with Crippen molar-refractivity contribution in [3.05, 3.63) is 69.3 Å². The predicted octanol–water partition coefficient (Wildman–Crippen LogP) is 2.37. The summed E-state index contributed by atoms with van der Waals surface area (Å²) in [6.07, 6.45) is 1.29. The summed E-state index contributed by atoms with van der Waals surface area (Å²) < 4.78 is 5.16. The van der Waals surface area contributed by atoms with Crippen LogP contribution in [-0.4, -0.2) is 23.8 Å². The van der Waals surface area contributed by atoms with Crippen LogP contribution in [0.4, 0.5) is 11.4 Å². The Labute approximate surface area is 148 Å². The largest absolute Gasteiger partial charge is 0.496 e. The molecule has 1 fully saturated rings. The summed E-state index contributed by atoms with van der Waals surface area (Å²) in [6, 6.07) is 11.0. The van der Waals surface area contributed by atoms with E-state index in [1.54, 1.807) is 12.1 Å². The van der Waals surface area contributed by atoms with Gasteiger partial charge in [-0.2, -0.15) is 0 Å². The van der Waals surface area contributed by atoms with Crippen molar-refractivity contribution in [1.29, 1.82) is 0 Å². The van der Waals surface area contributed by atoms with Crippen LogP contribution in [0.1, 0.15) is 11.1 Å². The number of nitro benzene ring substituents is 1. The number of aryl methyl sites for hydroxylation is 1. The lowest BCUT2D eigenvalue weighted by molar-refractivity contribution is -0.384. The molecule has 0 unspecified atom stereocenters. The van der Waals surface area contributed by atoms with Crippen LogP contribution in [-0.2, 0) is 9.59 Å². The van der Waals surface area contributed by atoms with Crippen LogP contribution in [0.25, 0.3) is 6.08 Å². The highest BCUT2D eigenvalue weighted by Gasteiger charge is 2.34. The van der Waals surface area contributed by atoms with Crippen LogP contribution in [0.2, 0.25) is 0 Å². The number of carbonyl (C=O) groups excluding carboxylic acids is 2. The predicted molar refractivity (Wildman–Crippen MR) is 94.4 cm³/mol. The topological polar surface area (TPSA) is 102 Å². The molecule has 0 saturated carbocycles. The standard InChI is InChI=1S/C18H15N3O5/c1-11-3-5-13(6-4-11)20-18(23)15(17(22)19-20)10-12-9-14(21(24)25)7-8-16(12)26-2/h3-10H,1-2H3,(H,19,22). The highest BCUT2D eigenvalue weighted by atomic mass is 16.6. The zero-order valence-corrected chi connectivity index (χ0v) is 14.1. The highest BCUT2D eigenvalue weighted by molar-refractivity contribution is 6.31. The molecule has 1 aliphatic heterocycles. The lowest BCUT2D eigenvalue weighted by Gasteiger charge is -2.14. The maximum atomic E-state index is 12.6. The van der Waals surface area contributed by atoms with Gasteiger partial charge in [0.2, 0.25) is 0 Å². The molecular weight excluding hydrogens is 338 g/mol. The third-order valence-corrected chi connectivity index (χ3v) is 3.91. The monoisotopic (exact) mass is 353 g/mol. The first kappa shape index (κ1) is 17.2. The average Bonchev–Trinajstić information content (AvgIpc) is 2.90. The molecule has 8 heteroatoms. The third-order valence-electron chi connectivity index (χ3n) is 3.91. The summed E-state index contributed by atoms with van der Waals surface area (Å²) >= 11 is 0. The van der Waals surface area contributed by atoms with Gasteiger partial charge in [-0.05, 0) is 31.2 Å². The molecular formula is C18H15N3O5. The van der Waals surface area contributed by atoms with E-state index >= 15 is 0 Å². The number of hydrazine groups is 1. The number of benzene rings is 2. The molecule has 2 aromatic carbocycles. The fourth-order valence-electron chi connectivity index (χ4n) is 2.54. The lowest BCUT2D eigenvalue weighted by atomic mass is 10.1. The Kier molecular flexibility index (Phi) is 4.40. The van der Waals surface area contributed by atoms with Gasteiger partial charge in [0.05, 0.1) is 17.7 Å². The summed E-state index contributed by atoms with van der Waals surface area (Å²) in [5.74, 6) is -0.825. The summed E-state index contributed by atoms with van der Waals surface area (Å²) in [5.41, 5.74) is 3.99. The molecule has 0 spiro atoms. The Balaban J connectivity index is 2.00. The quantitative estimate of drug-likeness (QED) is 0.393. The second-order valence-corrected chi connectivity index (χ2v) is 5.66. The number of anilines is 1. The van der Waals surface area contributed by atoms with Gasteiger partial charge in [0.15, 0.2) is 0 Å². The molecule has 0 atom stereocenters. The summed E-state index contributed by atoms with van der Waals surface area (Å²) in [7, 11) is 1.40. The number of nitrogens with zero attached hydrogens (tertiary/aromatic N) is 2.